The van der Waals surface area contributed by atoms with E-state index >= 15 is 0 Å². The summed E-state index contributed by atoms with van der Waals surface area (Å²) in [6.07, 6.45) is 2.25. The van der Waals surface area contributed by atoms with Gasteiger partial charge in [0.2, 0.25) is 6.41 Å². The maximum Gasteiger partial charge on any atom is 0.263 e. The minimum Gasteiger partial charge on any atom is -0.351 e. The van der Waals surface area contributed by atoms with Crippen molar-refractivity contribution in [2.75, 3.05) is 24.1 Å². The van der Waals surface area contributed by atoms with Gasteiger partial charge in [0.1, 0.15) is 5.82 Å². The molecule has 2 amide bonds. The zero-order chi connectivity index (χ0) is 22.9. The molecule has 3 aromatic rings. The summed E-state index contributed by atoms with van der Waals surface area (Å²) < 4.78 is 27.1. The molecule has 3 rings (SSSR count). The number of rotatable bonds is 6. The Morgan fingerprint density at radius 1 is 0.968 bits per heavy atom. The van der Waals surface area contributed by atoms with E-state index in [1.54, 1.807) is 56.6 Å². The van der Waals surface area contributed by atoms with Gasteiger partial charge < -0.3 is 10.2 Å². The van der Waals surface area contributed by atoms with Crippen LogP contribution in [-0.2, 0) is 14.8 Å². The van der Waals surface area contributed by atoms with E-state index in [4.69, 9.17) is 0 Å². The van der Waals surface area contributed by atoms with Crippen molar-refractivity contribution in [3.05, 3.63) is 84.1 Å². The molecule has 0 aliphatic rings. The van der Waals surface area contributed by atoms with E-state index in [0.717, 1.165) is 12.0 Å². The van der Waals surface area contributed by atoms with Crippen LogP contribution in [0.25, 0.3) is 0 Å². The highest BCUT2D eigenvalue weighted by atomic mass is 32.2. The standard InChI is InChI=1S/C19H17N3O3S.C3H7NO/c1-14-6-2-3-7-17(14)19(23)21-15-9-11-16(12-10-15)26(24,25)22-18-8-4-5-13-20-18;1-4(2)3-5/h2-13H,1H3,(H,20,22)(H,21,23);3H,1-2H3. The second-order valence-electron chi connectivity index (χ2n) is 6.68. The molecule has 0 radical (unpaired) electrons. The normalized spacial score (nSPS) is 10.3. The van der Waals surface area contributed by atoms with Crippen LogP contribution in [0.1, 0.15) is 15.9 Å². The molecule has 1 aromatic heterocycles. The lowest BCUT2D eigenvalue weighted by Gasteiger charge is -2.10. The number of hydrogen-bond acceptors (Lipinski definition) is 5. The number of hydrogen-bond donors (Lipinski definition) is 2. The van der Waals surface area contributed by atoms with Gasteiger partial charge in [0.15, 0.2) is 0 Å². The second kappa shape index (κ2) is 10.9. The zero-order valence-corrected chi connectivity index (χ0v) is 18.3. The van der Waals surface area contributed by atoms with Crippen LogP contribution < -0.4 is 10.0 Å². The molecule has 0 saturated heterocycles. The molecule has 0 bridgehead atoms. The topological polar surface area (TPSA) is 108 Å². The highest BCUT2D eigenvalue weighted by molar-refractivity contribution is 7.92. The van der Waals surface area contributed by atoms with Gasteiger partial charge in [0.25, 0.3) is 15.9 Å². The predicted octanol–water partition coefficient (Wildman–Crippen LogP) is 3.15. The Morgan fingerprint density at radius 2 is 1.58 bits per heavy atom. The van der Waals surface area contributed by atoms with Crippen LogP contribution in [0.15, 0.2) is 77.8 Å². The summed E-state index contributed by atoms with van der Waals surface area (Å²) in [5.74, 6) is -0.00486. The number of aromatic nitrogens is 1. The van der Waals surface area contributed by atoms with Gasteiger partial charge >= 0.3 is 0 Å². The number of anilines is 2. The summed E-state index contributed by atoms with van der Waals surface area (Å²) in [5.41, 5.74) is 1.94. The zero-order valence-electron chi connectivity index (χ0n) is 17.4. The highest BCUT2D eigenvalue weighted by Crippen LogP contribution is 2.18. The smallest absolute Gasteiger partial charge is 0.263 e. The lowest BCUT2D eigenvalue weighted by atomic mass is 10.1. The summed E-state index contributed by atoms with van der Waals surface area (Å²) in [6.45, 7) is 1.86. The van der Waals surface area contributed by atoms with Crippen LogP contribution in [0.3, 0.4) is 0 Å². The number of carbonyl (C=O) groups excluding carboxylic acids is 2. The molecule has 0 spiro atoms. The van der Waals surface area contributed by atoms with Crippen LogP contribution in [0, 0.1) is 6.92 Å². The van der Waals surface area contributed by atoms with E-state index < -0.39 is 10.0 Å². The Labute approximate surface area is 182 Å². The Kier molecular flexibility index (Phi) is 8.27. The van der Waals surface area contributed by atoms with Crippen LogP contribution in [0.5, 0.6) is 0 Å². The number of benzene rings is 2. The van der Waals surface area contributed by atoms with Gasteiger partial charge in [-0.1, -0.05) is 24.3 Å². The first-order valence-electron chi connectivity index (χ1n) is 9.25. The fourth-order valence-electron chi connectivity index (χ4n) is 2.36. The van der Waals surface area contributed by atoms with Crippen molar-refractivity contribution in [2.24, 2.45) is 0 Å². The van der Waals surface area contributed by atoms with Gasteiger partial charge in [-0.3, -0.25) is 14.3 Å². The number of sulfonamides is 1. The first-order valence-corrected chi connectivity index (χ1v) is 10.7. The van der Waals surface area contributed by atoms with Crippen molar-refractivity contribution in [1.29, 1.82) is 0 Å². The molecule has 0 aliphatic carbocycles. The Hall–Kier alpha value is -3.72. The van der Waals surface area contributed by atoms with Crippen molar-refractivity contribution >= 4 is 33.8 Å². The van der Waals surface area contributed by atoms with E-state index in [9.17, 15) is 18.0 Å². The highest BCUT2D eigenvalue weighted by Gasteiger charge is 2.15. The van der Waals surface area contributed by atoms with Crippen molar-refractivity contribution in [3.63, 3.8) is 0 Å². The third kappa shape index (κ3) is 7.23. The maximum atomic E-state index is 12.4. The minimum absolute atomic E-state index is 0.0806. The fraction of sp³-hybridized carbons (Fsp3) is 0.136. The molecule has 8 nitrogen and oxygen atoms in total. The van der Waals surface area contributed by atoms with Gasteiger partial charge in [-0.05, 0) is 55.0 Å². The molecule has 2 aromatic carbocycles. The summed E-state index contributed by atoms with van der Waals surface area (Å²) in [6, 6.07) is 18.1. The van der Waals surface area contributed by atoms with Gasteiger partial charge in [-0.2, -0.15) is 0 Å². The summed E-state index contributed by atoms with van der Waals surface area (Å²) in [4.78, 5) is 27.2. The lowest BCUT2D eigenvalue weighted by molar-refractivity contribution is -0.115. The average Bonchev–Trinajstić information content (AvgIpc) is 2.75. The molecule has 0 aliphatic heterocycles. The van der Waals surface area contributed by atoms with E-state index in [-0.39, 0.29) is 16.6 Å². The third-order valence-electron chi connectivity index (χ3n) is 3.93. The monoisotopic (exact) mass is 440 g/mol. The average molecular weight is 441 g/mol. The fourth-order valence-corrected chi connectivity index (χ4v) is 3.37. The van der Waals surface area contributed by atoms with Gasteiger partial charge in [-0.25, -0.2) is 13.4 Å². The largest absolute Gasteiger partial charge is 0.351 e. The quantitative estimate of drug-likeness (QED) is 0.573. The first kappa shape index (κ1) is 23.6. The Morgan fingerprint density at radius 3 is 2.13 bits per heavy atom. The van der Waals surface area contributed by atoms with E-state index in [1.807, 2.05) is 19.1 Å². The Balaban J connectivity index is 0.000000614. The second-order valence-corrected chi connectivity index (χ2v) is 8.37. The van der Waals surface area contributed by atoms with E-state index in [2.05, 4.69) is 15.0 Å². The predicted molar refractivity (Wildman–Crippen MR) is 120 cm³/mol. The van der Waals surface area contributed by atoms with Crippen molar-refractivity contribution in [3.8, 4) is 0 Å². The number of carbonyl (C=O) groups is 2. The Bertz CT molecular complexity index is 1120. The first-order chi connectivity index (χ1) is 14.7. The van der Waals surface area contributed by atoms with Crippen LogP contribution >= 0.6 is 0 Å². The van der Waals surface area contributed by atoms with E-state index in [0.29, 0.717) is 11.3 Å². The molecule has 0 unspecified atom stereocenters. The summed E-state index contributed by atoms with van der Waals surface area (Å²) in [7, 11) is -0.368. The van der Waals surface area contributed by atoms with Crippen molar-refractivity contribution in [2.45, 2.75) is 11.8 Å². The van der Waals surface area contributed by atoms with E-state index in [1.165, 1.54) is 23.2 Å². The molecule has 0 fully saturated rings. The molecule has 0 saturated carbocycles. The van der Waals surface area contributed by atoms with Crippen molar-refractivity contribution < 1.29 is 18.0 Å². The van der Waals surface area contributed by atoms with Crippen LogP contribution in [-0.4, -0.2) is 44.7 Å². The third-order valence-corrected chi connectivity index (χ3v) is 5.30. The molecule has 1 heterocycles. The number of aryl methyl sites for hydroxylation is 1. The number of nitrogens with one attached hydrogen (secondary N) is 2. The molecule has 0 atom stereocenters. The summed E-state index contributed by atoms with van der Waals surface area (Å²) >= 11 is 0. The van der Waals surface area contributed by atoms with Crippen LogP contribution in [0.4, 0.5) is 11.5 Å². The van der Waals surface area contributed by atoms with Gasteiger partial charge in [0, 0.05) is 31.5 Å². The molecule has 162 valence electrons. The molecule has 2 N–H and O–H groups in total. The molecular formula is C22H24N4O4S. The van der Waals surface area contributed by atoms with Crippen LogP contribution in [0.2, 0.25) is 0 Å². The number of nitrogens with zero attached hydrogens (tertiary/aromatic N) is 2. The number of amides is 2. The summed E-state index contributed by atoms with van der Waals surface area (Å²) in [5, 5.41) is 2.76. The molecule has 31 heavy (non-hydrogen) atoms. The number of pyridine rings is 1. The van der Waals surface area contributed by atoms with Gasteiger partial charge in [0.05, 0.1) is 4.90 Å². The molecular weight excluding hydrogens is 416 g/mol. The lowest BCUT2D eigenvalue weighted by Crippen LogP contribution is -2.15. The van der Waals surface area contributed by atoms with Gasteiger partial charge in [-0.15, -0.1) is 0 Å². The minimum atomic E-state index is -3.74. The van der Waals surface area contributed by atoms with Crippen molar-refractivity contribution in [1.82, 2.24) is 9.88 Å². The SMILES string of the molecule is CN(C)C=O.Cc1ccccc1C(=O)Nc1ccc(S(=O)(=O)Nc2ccccn2)cc1. The maximum absolute atomic E-state index is 12.4. The molecule has 9 heteroatoms.